The third-order valence-electron chi connectivity index (χ3n) is 3.53. The number of carbonyl (C=O) groups excluding carboxylic acids is 1. The maximum Gasteiger partial charge on any atom is 0.252 e. The first-order valence-corrected chi connectivity index (χ1v) is 7.44. The van der Waals surface area contributed by atoms with Crippen LogP contribution in [0.1, 0.15) is 27.9 Å². The van der Waals surface area contributed by atoms with E-state index in [1.165, 1.54) is 18.2 Å². The molecular formula is C18H13FN4O2. The van der Waals surface area contributed by atoms with E-state index in [-0.39, 0.29) is 5.56 Å². The van der Waals surface area contributed by atoms with Gasteiger partial charge in [-0.1, -0.05) is 35.5 Å². The Bertz CT molecular complexity index is 961. The van der Waals surface area contributed by atoms with Crippen molar-refractivity contribution < 1.29 is 13.7 Å². The molecule has 0 aliphatic carbocycles. The average Bonchev–Trinajstić information content (AvgIpc) is 3.07. The lowest BCUT2D eigenvalue weighted by Crippen LogP contribution is -2.28. The number of amides is 1. The summed E-state index contributed by atoms with van der Waals surface area (Å²) in [6.45, 7) is 1.67. The van der Waals surface area contributed by atoms with Crippen molar-refractivity contribution in [1.29, 1.82) is 5.26 Å². The van der Waals surface area contributed by atoms with E-state index < -0.39 is 17.8 Å². The molecule has 7 heteroatoms. The maximum absolute atomic E-state index is 13.8. The van der Waals surface area contributed by atoms with Crippen LogP contribution in [0.25, 0.3) is 11.4 Å². The van der Waals surface area contributed by atoms with E-state index in [2.05, 4.69) is 15.5 Å². The molecule has 2 aromatic carbocycles. The van der Waals surface area contributed by atoms with Crippen molar-refractivity contribution in [2.24, 2.45) is 0 Å². The Kier molecular flexibility index (Phi) is 4.53. The number of nitrogens with zero attached hydrogens (tertiary/aromatic N) is 3. The summed E-state index contributed by atoms with van der Waals surface area (Å²) in [4.78, 5) is 16.5. The minimum Gasteiger partial charge on any atom is -0.339 e. The molecule has 0 saturated heterocycles. The fourth-order valence-electron chi connectivity index (χ4n) is 2.32. The monoisotopic (exact) mass is 336 g/mol. The Morgan fingerprint density at radius 2 is 2.08 bits per heavy atom. The van der Waals surface area contributed by atoms with Crippen molar-refractivity contribution >= 4 is 5.91 Å². The van der Waals surface area contributed by atoms with Crippen LogP contribution in [0.5, 0.6) is 0 Å². The molecule has 6 nitrogen and oxygen atoms in total. The van der Waals surface area contributed by atoms with E-state index in [9.17, 15) is 14.4 Å². The summed E-state index contributed by atoms with van der Waals surface area (Å²) in [5, 5.41) is 15.6. The van der Waals surface area contributed by atoms with Gasteiger partial charge in [-0.2, -0.15) is 10.2 Å². The summed E-state index contributed by atoms with van der Waals surface area (Å²) in [6, 6.07) is 13.2. The number of halogens is 1. The number of nitrogens with one attached hydrogen (secondary N) is 1. The molecule has 1 heterocycles. The van der Waals surface area contributed by atoms with Crippen LogP contribution in [0.4, 0.5) is 4.39 Å². The van der Waals surface area contributed by atoms with Crippen LogP contribution < -0.4 is 5.32 Å². The quantitative estimate of drug-likeness (QED) is 0.790. The number of hydrogen-bond donors (Lipinski definition) is 1. The molecule has 3 rings (SSSR count). The van der Waals surface area contributed by atoms with Gasteiger partial charge in [-0.25, -0.2) is 4.39 Å². The molecule has 0 aliphatic rings. The highest BCUT2D eigenvalue weighted by atomic mass is 19.1. The first kappa shape index (κ1) is 16.3. The van der Waals surface area contributed by atoms with Crippen molar-refractivity contribution in [2.45, 2.75) is 13.0 Å². The fraction of sp³-hybridized carbons (Fsp3) is 0.111. The summed E-state index contributed by atoms with van der Waals surface area (Å²) < 4.78 is 18.8. The maximum atomic E-state index is 13.8. The van der Waals surface area contributed by atoms with E-state index in [0.29, 0.717) is 22.8 Å². The summed E-state index contributed by atoms with van der Waals surface area (Å²) in [6.07, 6.45) is 0. The van der Waals surface area contributed by atoms with Crippen LogP contribution in [0.2, 0.25) is 0 Å². The summed E-state index contributed by atoms with van der Waals surface area (Å²) >= 11 is 0. The molecule has 0 saturated carbocycles. The minimum atomic E-state index is -1.09. The molecule has 0 bridgehead atoms. The highest BCUT2D eigenvalue weighted by Gasteiger charge is 2.19. The number of rotatable bonds is 4. The van der Waals surface area contributed by atoms with Crippen molar-refractivity contribution in [3.63, 3.8) is 0 Å². The van der Waals surface area contributed by atoms with Crippen molar-refractivity contribution in [3.8, 4) is 17.5 Å². The molecule has 0 spiro atoms. The second-order valence-corrected chi connectivity index (χ2v) is 5.27. The predicted molar refractivity (Wildman–Crippen MR) is 86.7 cm³/mol. The van der Waals surface area contributed by atoms with Crippen LogP contribution in [0, 0.1) is 24.1 Å². The molecule has 1 N–H and O–H groups in total. The number of aryl methyl sites for hydroxylation is 1. The number of carbonyl (C=O) groups is 1. The number of hydrogen-bond acceptors (Lipinski definition) is 5. The van der Waals surface area contributed by atoms with Gasteiger partial charge in [0.1, 0.15) is 11.9 Å². The fourth-order valence-corrected chi connectivity index (χ4v) is 2.32. The molecule has 0 radical (unpaired) electrons. The Labute approximate surface area is 142 Å². The van der Waals surface area contributed by atoms with Gasteiger partial charge >= 0.3 is 0 Å². The van der Waals surface area contributed by atoms with Gasteiger partial charge in [0, 0.05) is 23.6 Å². The van der Waals surface area contributed by atoms with Gasteiger partial charge in [-0.3, -0.25) is 4.79 Å². The Hall–Kier alpha value is -3.53. The molecule has 124 valence electrons. The molecule has 0 unspecified atom stereocenters. The number of benzene rings is 2. The average molecular weight is 336 g/mol. The highest BCUT2D eigenvalue weighted by molar-refractivity contribution is 5.95. The van der Waals surface area contributed by atoms with Gasteiger partial charge in [0.25, 0.3) is 5.91 Å². The largest absolute Gasteiger partial charge is 0.339 e. The van der Waals surface area contributed by atoms with Gasteiger partial charge in [-0.05, 0) is 18.2 Å². The molecule has 1 aromatic heterocycles. The van der Waals surface area contributed by atoms with Gasteiger partial charge in [0.05, 0.1) is 6.07 Å². The van der Waals surface area contributed by atoms with Crippen LogP contribution in [-0.4, -0.2) is 16.0 Å². The van der Waals surface area contributed by atoms with E-state index in [1.54, 1.807) is 37.3 Å². The zero-order valence-electron chi connectivity index (χ0n) is 13.2. The van der Waals surface area contributed by atoms with E-state index in [4.69, 9.17) is 4.52 Å². The normalized spacial score (nSPS) is 11.6. The van der Waals surface area contributed by atoms with Crippen molar-refractivity contribution in [3.05, 3.63) is 71.4 Å². The summed E-state index contributed by atoms with van der Waals surface area (Å²) in [5.41, 5.74) is 1.02. The van der Waals surface area contributed by atoms with E-state index in [1.807, 2.05) is 6.07 Å². The topological polar surface area (TPSA) is 91.8 Å². The Balaban J connectivity index is 1.84. The molecule has 1 amide bonds. The smallest absolute Gasteiger partial charge is 0.252 e. The molecular weight excluding hydrogens is 323 g/mol. The summed E-state index contributed by atoms with van der Waals surface area (Å²) in [7, 11) is 0. The zero-order chi connectivity index (χ0) is 17.8. The molecule has 3 aromatic rings. The zero-order valence-corrected chi connectivity index (χ0v) is 13.2. The Morgan fingerprint density at radius 3 is 2.76 bits per heavy atom. The van der Waals surface area contributed by atoms with Crippen molar-refractivity contribution in [2.75, 3.05) is 0 Å². The third-order valence-corrected chi connectivity index (χ3v) is 3.53. The van der Waals surface area contributed by atoms with Crippen LogP contribution in [0.3, 0.4) is 0 Å². The van der Waals surface area contributed by atoms with E-state index >= 15 is 0 Å². The molecule has 1 atom stereocenters. The standard InChI is InChI=1S/C18H13FN4O2/c1-11-21-17(23-25-11)12-5-4-6-13(9-12)18(24)22-16(10-20)14-7-2-3-8-15(14)19/h2-9,16H,1H3,(H,22,24)/t16-/m0/s1. The minimum absolute atomic E-state index is 0.114. The first-order valence-electron chi connectivity index (χ1n) is 7.44. The van der Waals surface area contributed by atoms with Gasteiger partial charge in [0.15, 0.2) is 0 Å². The van der Waals surface area contributed by atoms with Crippen molar-refractivity contribution in [1.82, 2.24) is 15.5 Å². The third kappa shape index (κ3) is 3.53. The number of aromatic nitrogens is 2. The Morgan fingerprint density at radius 1 is 1.28 bits per heavy atom. The van der Waals surface area contributed by atoms with Crippen LogP contribution in [0.15, 0.2) is 53.1 Å². The second-order valence-electron chi connectivity index (χ2n) is 5.27. The molecule has 25 heavy (non-hydrogen) atoms. The summed E-state index contributed by atoms with van der Waals surface area (Å²) in [5.74, 6) is -0.283. The van der Waals surface area contributed by atoms with Crippen LogP contribution >= 0.6 is 0 Å². The van der Waals surface area contributed by atoms with Gasteiger partial charge in [-0.15, -0.1) is 0 Å². The molecule has 0 aliphatic heterocycles. The lowest BCUT2D eigenvalue weighted by Gasteiger charge is -2.13. The predicted octanol–water partition coefficient (Wildman–Crippen LogP) is 3.18. The van der Waals surface area contributed by atoms with Crippen LogP contribution in [-0.2, 0) is 0 Å². The van der Waals surface area contributed by atoms with E-state index in [0.717, 1.165) is 0 Å². The highest BCUT2D eigenvalue weighted by Crippen LogP contribution is 2.19. The molecule has 0 fully saturated rings. The van der Waals surface area contributed by atoms with Gasteiger partial charge < -0.3 is 9.84 Å². The SMILES string of the molecule is Cc1nc(-c2cccc(C(=O)N[C@@H](C#N)c3ccccc3F)c2)no1. The lowest BCUT2D eigenvalue weighted by atomic mass is 10.1. The lowest BCUT2D eigenvalue weighted by molar-refractivity contribution is 0.0944. The second kappa shape index (κ2) is 6.93. The van der Waals surface area contributed by atoms with Gasteiger partial charge in [0.2, 0.25) is 11.7 Å². The first-order chi connectivity index (χ1) is 12.1. The number of nitriles is 1.